The molecule has 0 amide bonds. The Morgan fingerprint density at radius 2 is 1.35 bits per heavy atom. The highest BCUT2D eigenvalue weighted by molar-refractivity contribution is 5.53. The first kappa shape index (κ1) is 23.3. The number of allylic oxidation sites excluding steroid dienone is 3. The molecule has 0 unspecified atom stereocenters. The number of anilines is 1. The van der Waals surface area contributed by atoms with E-state index in [1.807, 2.05) is 78.9 Å². The minimum Gasteiger partial charge on any atom is -0.345 e. The van der Waals surface area contributed by atoms with Crippen LogP contribution in [0.25, 0.3) is 0 Å². The minimum atomic E-state index is 1.03. The lowest BCUT2D eigenvalue weighted by Crippen LogP contribution is -2.14. The minimum absolute atomic E-state index is 1.03. The van der Waals surface area contributed by atoms with Gasteiger partial charge >= 0.3 is 0 Å². The van der Waals surface area contributed by atoms with Crippen molar-refractivity contribution < 1.29 is 0 Å². The van der Waals surface area contributed by atoms with Gasteiger partial charge in [-0.1, -0.05) is 79.0 Å². The maximum atomic E-state index is 3.77. The van der Waals surface area contributed by atoms with E-state index in [1.165, 1.54) is 0 Å². The van der Waals surface area contributed by atoms with Crippen LogP contribution in [0.4, 0.5) is 5.69 Å². The van der Waals surface area contributed by atoms with E-state index in [9.17, 15) is 0 Å². The molecular formula is C19H33N. The van der Waals surface area contributed by atoms with Crippen LogP contribution >= 0.6 is 0 Å². The van der Waals surface area contributed by atoms with Crippen LogP contribution < -0.4 is 4.90 Å². The average molecular weight is 275 g/mol. The summed E-state index contributed by atoms with van der Waals surface area (Å²) in [6.45, 7) is 19.4. The van der Waals surface area contributed by atoms with E-state index < -0.39 is 0 Å². The second-order valence-corrected chi connectivity index (χ2v) is 2.93. The summed E-state index contributed by atoms with van der Waals surface area (Å²) < 4.78 is 0. The van der Waals surface area contributed by atoms with Gasteiger partial charge in [0.25, 0.3) is 0 Å². The smallest absolute Gasteiger partial charge is 0.0408 e. The number of nitrogens with zero attached hydrogens (tertiary/aromatic N) is 1. The van der Waals surface area contributed by atoms with Crippen LogP contribution in [0.3, 0.4) is 0 Å². The van der Waals surface area contributed by atoms with Crippen molar-refractivity contribution in [1.29, 1.82) is 0 Å². The number of hydrogen-bond acceptors (Lipinski definition) is 1. The molecule has 0 saturated heterocycles. The Bertz CT molecular complexity index is 336. The van der Waals surface area contributed by atoms with Crippen LogP contribution in [-0.2, 0) is 0 Å². The molecule has 1 aromatic carbocycles. The van der Waals surface area contributed by atoms with Gasteiger partial charge in [-0.25, -0.2) is 0 Å². The Morgan fingerprint density at radius 1 is 0.900 bits per heavy atom. The molecule has 1 nitrogen and oxygen atoms in total. The van der Waals surface area contributed by atoms with Gasteiger partial charge in [0.15, 0.2) is 0 Å². The molecule has 20 heavy (non-hydrogen) atoms. The highest BCUT2D eigenvalue weighted by Crippen LogP contribution is 2.16. The molecular weight excluding hydrogens is 242 g/mol. The first-order valence-corrected chi connectivity index (χ1v) is 7.53. The fraction of sp³-hybridized carbons (Fsp3) is 0.368. The van der Waals surface area contributed by atoms with Gasteiger partial charge in [-0.05, 0) is 24.3 Å². The first-order chi connectivity index (χ1) is 9.79. The van der Waals surface area contributed by atoms with E-state index in [0.29, 0.717) is 0 Å². The van der Waals surface area contributed by atoms with Crippen LogP contribution in [0.2, 0.25) is 0 Å². The maximum Gasteiger partial charge on any atom is 0.0408 e. The summed E-state index contributed by atoms with van der Waals surface area (Å²) in [7, 11) is 2.01. The van der Waals surface area contributed by atoms with Crippen molar-refractivity contribution in [1.82, 2.24) is 0 Å². The van der Waals surface area contributed by atoms with E-state index in [4.69, 9.17) is 0 Å². The van der Waals surface area contributed by atoms with Gasteiger partial charge < -0.3 is 4.90 Å². The molecule has 0 fully saturated rings. The standard InChI is InChI=1S/C13H15N.3C2H6/c1-4-9-12(5-2)14(3)13-10-7-6-8-11-13;3*1-2/h4-11H,1-2H2,3H3;3*1-2H3/b12-9+;;;. The summed E-state index contributed by atoms with van der Waals surface area (Å²) in [5.41, 5.74) is 2.17. The van der Waals surface area contributed by atoms with Gasteiger partial charge in [-0.15, -0.1) is 0 Å². The van der Waals surface area contributed by atoms with E-state index in [-0.39, 0.29) is 0 Å². The third-order valence-electron chi connectivity index (χ3n) is 2.03. The lowest BCUT2D eigenvalue weighted by atomic mass is 10.2. The molecule has 0 aliphatic carbocycles. The van der Waals surface area contributed by atoms with E-state index in [1.54, 1.807) is 6.08 Å². The SMILES string of the molecule is C=C/C=C(\C=C)N(C)c1ccccc1.CC.CC.CC. The largest absolute Gasteiger partial charge is 0.345 e. The van der Waals surface area contributed by atoms with Gasteiger partial charge in [0.1, 0.15) is 0 Å². The molecule has 0 aromatic heterocycles. The van der Waals surface area contributed by atoms with Crippen molar-refractivity contribution in [2.75, 3.05) is 11.9 Å². The Balaban J connectivity index is -0.000000425. The zero-order valence-electron chi connectivity index (χ0n) is 14.5. The molecule has 0 N–H and O–H groups in total. The van der Waals surface area contributed by atoms with Gasteiger partial charge in [-0.3, -0.25) is 0 Å². The topological polar surface area (TPSA) is 3.24 Å². The monoisotopic (exact) mass is 275 g/mol. The second-order valence-electron chi connectivity index (χ2n) is 2.93. The predicted molar refractivity (Wildman–Crippen MR) is 97.4 cm³/mol. The van der Waals surface area contributed by atoms with Crippen LogP contribution in [0.5, 0.6) is 0 Å². The van der Waals surface area contributed by atoms with E-state index in [2.05, 4.69) is 30.2 Å². The third-order valence-corrected chi connectivity index (χ3v) is 2.03. The Kier molecular flexibility index (Phi) is 22.8. The van der Waals surface area contributed by atoms with E-state index >= 15 is 0 Å². The number of rotatable bonds is 4. The number of para-hydroxylation sites is 1. The second kappa shape index (κ2) is 19.6. The molecule has 0 atom stereocenters. The first-order valence-electron chi connectivity index (χ1n) is 7.53. The molecule has 1 aromatic rings. The molecule has 1 rings (SSSR count). The normalized spacial score (nSPS) is 8.45. The van der Waals surface area contributed by atoms with Crippen LogP contribution in [0.1, 0.15) is 41.5 Å². The summed E-state index contributed by atoms with van der Waals surface area (Å²) in [4.78, 5) is 2.06. The fourth-order valence-corrected chi connectivity index (χ4v) is 1.24. The van der Waals surface area contributed by atoms with Gasteiger partial charge in [0.05, 0.1) is 0 Å². The van der Waals surface area contributed by atoms with Crippen molar-refractivity contribution in [3.8, 4) is 0 Å². The summed E-state index contributed by atoms with van der Waals surface area (Å²) in [6, 6.07) is 10.1. The van der Waals surface area contributed by atoms with Crippen molar-refractivity contribution in [3.05, 3.63) is 67.4 Å². The Labute approximate surface area is 127 Å². The van der Waals surface area contributed by atoms with Crippen LogP contribution in [0, 0.1) is 0 Å². The van der Waals surface area contributed by atoms with Gasteiger partial charge in [0, 0.05) is 18.4 Å². The highest BCUT2D eigenvalue weighted by atomic mass is 15.1. The Morgan fingerprint density at radius 3 is 1.70 bits per heavy atom. The molecule has 114 valence electrons. The predicted octanol–water partition coefficient (Wildman–Crippen LogP) is 6.46. The molecule has 0 heterocycles. The molecule has 0 aliphatic rings. The number of hydrogen-bond donors (Lipinski definition) is 0. The van der Waals surface area contributed by atoms with Gasteiger partial charge in [0.2, 0.25) is 0 Å². The van der Waals surface area contributed by atoms with E-state index in [0.717, 1.165) is 11.4 Å². The summed E-state index contributed by atoms with van der Waals surface area (Å²) in [6.07, 6.45) is 5.51. The van der Waals surface area contributed by atoms with Crippen molar-refractivity contribution in [2.45, 2.75) is 41.5 Å². The van der Waals surface area contributed by atoms with Crippen LogP contribution in [0.15, 0.2) is 67.4 Å². The third kappa shape index (κ3) is 10.2. The summed E-state index contributed by atoms with van der Waals surface area (Å²) >= 11 is 0. The molecule has 0 radical (unpaired) electrons. The summed E-state index contributed by atoms with van der Waals surface area (Å²) in [5, 5.41) is 0. The van der Waals surface area contributed by atoms with Crippen LogP contribution in [-0.4, -0.2) is 7.05 Å². The lowest BCUT2D eigenvalue weighted by Gasteiger charge is -2.19. The molecule has 0 spiro atoms. The molecule has 0 saturated carbocycles. The van der Waals surface area contributed by atoms with Crippen molar-refractivity contribution in [3.63, 3.8) is 0 Å². The molecule has 0 bridgehead atoms. The zero-order chi connectivity index (χ0) is 16.4. The molecule has 0 aliphatic heterocycles. The van der Waals surface area contributed by atoms with Crippen molar-refractivity contribution in [2.24, 2.45) is 0 Å². The lowest BCUT2D eigenvalue weighted by molar-refractivity contribution is 1.14. The zero-order valence-corrected chi connectivity index (χ0v) is 14.5. The number of benzene rings is 1. The highest BCUT2D eigenvalue weighted by Gasteiger charge is 2.01. The maximum absolute atomic E-state index is 3.77. The summed E-state index contributed by atoms with van der Waals surface area (Å²) in [5.74, 6) is 0. The molecule has 1 heteroatoms. The average Bonchev–Trinajstić information content (AvgIpc) is 2.58. The quantitative estimate of drug-likeness (QED) is 0.570. The Hall–Kier alpha value is -1.76. The van der Waals surface area contributed by atoms with Crippen molar-refractivity contribution >= 4 is 5.69 Å². The van der Waals surface area contributed by atoms with Gasteiger partial charge in [-0.2, -0.15) is 0 Å². The fourth-order valence-electron chi connectivity index (χ4n) is 1.24. The number of likely N-dealkylation sites (N-methyl/N-ethyl adjacent to an activating group) is 1.